The lowest BCUT2D eigenvalue weighted by atomic mass is 9.90. The molecule has 1 fully saturated rings. The Hall–Kier alpha value is -3.48. The van der Waals surface area contributed by atoms with Crippen molar-refractivity contribution in [1.82, 2.24) is 9.80 Å². The quantitative estimate of drug-likeness (QED) is 0.392. The third-order valence-electron chi connectivity index (χ3n) is 7.23. The van der Waals surface area contributed by atoms with Crippen LogP contribution in [0.1, 0.15) is 48.3 Å². The first-order valence-corrected chi connectivity index (χ1v) is 12.9. The Labute approximate surface area is 219 Å². The standard InChI is InChI=1S/C31H36FN3O2/c1-5-18-33-20-23(4)35(21-22(33)3)30(24-10-9-11-27(36)19-24)28-12-7-8-13-29(28)31(37)34(6-2)26-16-14-25(32)15-17-26/h5,7-17,19,22-23,30,36H,1,6,18,20-21H2,2-4H3/t22-,23+,30-/m1/s1. The van der Waals surface area contributed by atoms with Gasteiger partial charge in [-0.2, -0.15) is 0 Å². The lowest BCUT2D eigenvalue weighted by Gasteiger charge is -2.47. The number of rotatable bonds is 8. The van der Waals surface area contributed by atoms with E-state index in [0.29, 0.717) is 23.8 Å². The molecule has 6 heteroatoms. The van der Waals surface area contributed by atoms with Gasteiger partial charge in [0.05, 0.1) is 6.04 Å². The average Bonchev–Trinajstić information content (AvgIpc) is 2.89. The topological polar surface area (TPSA) is 47.0 Å². The second-order valence-electron chi connectivity index (χ2n) is 9.75. The van der Waals surface area contributed by atoms with Crippen molar-refractivity contribution >= 4 is 11.6 Å². The number of hydrogen-bond acceptors (Lipinski definition) is 4. The van der Waals surface area contributed by atoms with E-state index < -0.39 is 0 Å². The summed E-state index contributed by atoms with van der Waals surface area (Å²) in [5.41, 5.74) is 3.06. The SMILES string of the molecule is C=CCN1C[C@H](C)N([C@H](c2cccc(O)c2)c2ccccc2C(=O)N(CC)c2ccc(F)cc2)C[C@H]1C. The van der Waals surface area contributed by atoms with Crippen LogP contribution in [0.4, 0.5) is 10.1 Å². The second-order valence-corrected chi connectivity index (χ2v) is 9.75. The van der Waals surface area contributed by atoms with Gasteiger partial charge in [-0.25, -0.2) is 4.39 Å². The molecule has 0 saturated carbocycles. The zero-order valence-corrected chi connectivity index (χ0v) is 21.8. The molecule has 3 aromatic rings. The van der Waals surface area contributed by atoms with Crippen molar-refractivity contribution in [2.75, 3.05) is 31.1 Å². The summed E-state index contributed by atoms with van der Waals surface area (Å²) in [6.07, 6.45) is 1.94. The Bertz CT molecular complexity index is 1230. The number of aromatic hydroxyl groups is 1. The molecule has 1 amide bonds. The van der Waals surface area contributed by atoms with Gasteiger partial charge in [0.25, 0.3) is 5.91 Å². The van der Waals surface area contributed by atoms with Crippen molar-refractivity contribution in [3.63, 3.8) is 0 Å². The molecule has 1 N–H and O–H groups in total. The lowest BCUT2D eigenvalue weighted by Crippen LogP contribution is -2.57. The van der Waals surface area contributed by atoms with Gasteiger partial charge >= 0.3 is 0 Å². The van der Waals surface area contributed by atoms with Gasteiger partial charge in [0.2, 0.25) is 0 Å². The molecule has 194 valence electrons. The van der Waals surface area contributed by atoms with E-state index in [1.54, 1.807) is 29.2 Å². The summed E-state index contributed by atoms with van der Waals surface area (Å²) in [5, 5.41) is 10.4. The van der Waals surface area contributed by atoms with E-state index in [1.165, 1.54) is 12.1 Å². The molecule has 37 heavy (non-hydrogen) atoms. The number of piperazine rings is 1. The number of halogens is 1. The van der Waals surface area contributed by atoms with Crippen LogP contribution in [0.2, 0.25) is 0 Å². The third-order valence-corrected chi connectivity index (χ3v) is 7.23. The second kappa shape index (κ2) is 11.7. The average molecular weight is 502 g/mol. The first kappa shape index (κ1) is 26.6. The van der Waals surface area contributed by atoms with Crippen LogP contribution in [-0.2, 0) is 0 Å². The summed E-state index contributed by atoms with van der Waals surface area (Å²) in [5.74, 6) is -0.282. The van der Waals surface area contributed by atoms with Gasteiger partial charge in [0.1, 0.15) is 11.6 Å². The number of anilines is 1. The first-order valence-electron chi connectivity index (χ1n) is 12.9. The molecule has 0 spiro atoms. The van der Waals surface area contributed by atoms with E-state index in [2.05, 4.69) is 30.2 Å². The largest absolute Gasteiger partial charge is 0.508 e. The number of carbonyl (C=O) groups excluding carboxylic acids is 1. The van der Waals surface area contributed by atoms with Crippen LogP contribution in [0.25, 0.3) is 0 Å². The predicted molar refractivity (Wildman–Crippen MR) is 148 cm³/mol. The van der Waals surface area contributed by atoms with E-state index >= 15 is 0 Å². The van der Waals surface area contributed by atoms with Crippen LogP contribution in [0.5, 0.6) is 5.75 Å². The number of benzene rings is 3. The minimum absolute atomic E-state index is 0.138. The molecule has 0 unspecified atom stereocenters. The highest BCUT2D eigenvalue weighted by Crippen LogP contribution is 2.37. The fourth-order valence-electron chi connectivity index (χ4n) is 5.39. The summed E-state index contributed by atoms with van der Waals surface area (Å²) in [7, 11) is 0. The van der Waals surface area contributed by atoms with E-state index in [4.69, 9.17) is 0 Å². The molecule has 4 rings (SSSR count). The van der Waals surface area contributed by atoms with Crippen molar-refractivity contribution < 1.29 is 14.3 Å². The van der Waals surface area contributed by atoms with Crippen LogP contribution in [0.15, 0.2) is 85.5 Å². The number of phenols is 1. The normalized spacial score (nSPS) is 19.4. The molecule has 5 nitrogen and oxygen atoms in total. The Balaban J connectivity index is 1.80. The Morgan fingerprint density at radius 3 is 2.49 bits per heavy atom. The predicted octanol–water partition coefficient (Wildman–Crippen LogP) is 5.87. The summed E-state index contributed by atoms with van der Waals surface area (Å²) in [6, 6.07) is 21.3. The Morgan fingerprint density at radius 1 is 1.08 bits per heavy atom. The molecule has 0 radical (unpaired) electrons. The fraction of sp³-hybridized carbons (Fsp3) is 0.323. The van der Waals surface area contributed by atoms with E-state index in [0.717, 1.165) is 30.8 Å². The smallest absolute Gasteiger partial charge is 0.258 e. The number of carbonyl (C=O) groups is 1. The van der Waals surface area contributed by atoms with Crippen LogP contribution in [-0.4, -0.2) is 59.1 Å². The zero-order valence-electron chi connectivity index (χ0n) is 21.8. The number of nitrogens with zero attached hydrogens (tertiary/aromatic N) is 3. The molecule has 1 aliphatic rings. The highest BCUT2D eigenvalue weighted by Gasteiger charge is 2.36. The highest BCUT2D eigenvalue weighted by molar-refractivity contribution is 6.07. The van der Waals surface area contributed by atoms with Gasteiger partial charge < -0.3 is 10.0 Å². The minimum Gasteiger partial charge on any atom is -0.508 e. The highest BCUT2D eigenvalue weighted by atomic mass is 19.1. The maximum absolute atomic E-state index is 14.0. The zero-order chi connectivity index (χ0) is 26.5. The third kappa shape index (κ3) is 5.76. The number of amides is 1. The van der Waals surface area contributed by atoms with Crippen LogP contribution in [0, 0.1) is 5.82 Å². The summed E-state index contributed by atoms with van der Waals surface area (Å²) < 4.78 is 13.6. The molecule has 1 heterocycles. The molecule has 0 aliphatic carbocycles. The van der Waals surface area contributed by atoms with E-state index in [-0.39, 0.29) is 29.6 Å². The molecular weight excluding hydrogens is 465 g/mol. The Morgan fingerprint density at radius 2 is 1.81 bits per heavy atom. The van der Waals surface area contributed by atoms with Crippen molar-refractivity contribution in [2.24, 2.45) is 0 Å². The maximum atomic E-state index is 14.0. The summed E-state index contributed by atoms with van der Waals surface area (Å²) in [6.45, 7) is 13.2. The van der Waals surface area contributed by atoms with Crippen molar-refractivity contribution in [3.05, 3.63) is 108 Å². The van der Waals surface area contributed by atoms with Crippen molar-refractivity contribution in [2.45, 2.75) is 38.9 Å². The van der Waals surface area contributed by atoms with Gasteiger partial charge in [-0.15, -0.1) is 6.58 Å². The fourth-order valence-corrected chi connectivity index (χ4v) is 5.39. The molecule has 3 aromatic carbocycles. The van der Waals surface area contributed by atoms with Crippen LogP contribution < -0.4 is 4.90 Å². The molecule has 1 saturated heterocycles. The number of hydrogen-bond donors (Lipinski definition) is 1. The van der Waals surface area contributed by atoms with Gasteiger partial charge in [-0.05, 0) is 74.4 Å². The molecule has 0 aromatic heterocycles. The van der Waals surface area contributed by atoms with Crippen molar-refractivity contribution in [3.8, 4) is 5.75 Å². The van der Waals surface area contributed by atoms with Gasteiger partial charge in [0, 0.05) is 49.5 Å². The minimum atomic E-state index is -0.338. The summed E-state index contributed by atoms with van der Waals surface area (Å²) >= 11 is 0. The van der Waals surface area contributed by atoms with Crippen LogP contribution >= 0.6 is 0 Å². The molecule has 3 atom stereocenters. The number of phenolic OH excluding ortho intramolecular Hbond substituents is 1. The van der Waals surface area contributed by atoms with Gasteiger partial charge in [-0.3, -0.25) is 14.6 Å². The molecular formula is C31H36FN3O2. The van der Waals surface area contributed by atoms with E-state index in [9.17, 15) is 14.3 Å². The van der Waals surface area contributed by atoms with Gasteiger partial charge in [-0.1, -0.05) is 36.4 Å². The monoisotopic (exact) mass is 501 g/mol. The van der Waals surface area contributed by atoms with Gasteiger partial charge in [0.15, 0.2) is 0 Å². The molecule has 1 aliphatic heterocycles. The van der Waals surface area contributed by atoms with E-state index in [1.807, 2.05) is 49.4 Å². The maximum Gasteiger partial charge on any atom is 0.258 e. The van der Waals surface area contributed by atoms with Crippen LogP contribution in [0.3, 0.4) is 0 Å². The first-order chi connectivity index (χ1) is 17.8. The van der Waals surface area contributed by atoms with Crippen molar-refractivity contribution in [1.29, 1.82) is 0 Å². The summed E-state index contributed by atoms with van der Waals surface area (Å²) in [4.78, 5) is 20.5. The Kier molecular flexibility index (Phi) is 8.41. The molecule has 0 bridgehead atoms. The lowest BCUT2D eigenvalue weighted by molar-refractivity contribution is 0.0304.